The van der Waals surface area contributed by atoms with E-state index in [2.05, 4.69) is 121 Å². The second kappa shape index (κ2) is 9.22. The maximum absolute atomic E-state index is 6.59. The molecule has 0 saturated heterocycles. The molecule has 0 aliphatic heterocycles. The normalized spacial score (nSPS) is 12.0. The van der Waals surface area contributed by atoms with E-state index in [1.165, 1.54) is 10.9 Å². The minimum Gasteiger partial charge on any atom is -0.455 e. The molecule has 0 saturated carbocycles. The third-order valence-electron chi connectivity index (χ3n) is 9.19. The quantitative estimate of drug-likeness (QED) is 0.153. The van der Waals surface area contributed by atoms with Crippen LogP contribution in [-0.4, -0.2) is 9.97 Å². The predicted octanol–water partition coefficient (Wildman–Crippen LogP) is 11.5. The highest BCUT2D eigenvalue weighted by molar-refractivity contribution is 6.25. The molecule has 0 amide bonds. The number of hydrogen-bond acceptors (Lipinski definition) is 3. The first-order valence-corrected chi connectivity index (χ1v) is 15.2. The molecule has 0 unspecified atom stereocenters. The van der Waals surface area contributed by atoms with Crippen molar-refractivity contribution in [3.8, 4) is 22.4 Å². The molecule has 3 aromatic heterocycles. The molecule has 7 aromatic carbocycles. The Balaban J connectivity index is 1.31. The number of hydrogen-bond donors (Lipinski definition) is 0. The van der Waals surface area contributed by atoms with Crippen LogP contribution in [0.4, 0.5) is 0 Å². The molecular weight excluding hydrogens is 548 g/mol. The molecule has 0 N–H and O–H groups in total. The Kier molecular flexibility index (Phi) is 5.00. The third-order valence-corrected chi connectivity index (χ3v) is 9.19. The number of pyridine rings is 2. The van der Waals surface area contributed by atoms with E-state index in [0.29, 0.717) is 0 Å². The first-order chi connectivity index (χ1) is 22.3. The largest absolute Gasteiger partial charge is 0.455 e. The van der Waals surface area contributed by atoms with Crippen LogP contribution in [0.15, 0.2) is 150 Å². The fourth-order valence-electron chi connectivity index (χ4n) is 7.11. The van der Waals surface area contributed by atoms with Crippen molar-refractivity contribution in [1.82, 2.24) is 9.97 Å². The molecule has 0 aliphatic carbocycles. The Labute approximate surface area is 258 Å². The molecule has 3 heterocycles. The SMILES string of the molecule is c1ccc(-c2nc3cc(-c4cc5cc6ccccc6nc5c5ccccc45)ccc3c3c2ccc2c4ccccc4oc23)cc1. The van der Waals surface area contributed by atoms with Gasteiger partial charge in [0.25, 0.3) is 0 Å². The molecule has 208 valence electrons. The molecule has 10 aromatic rings. The van der Waals surface area contributed by atoms with Gasteiger partial charge in [-0.25, -0.2) is 9.97 Å². The third kappa shape index (κ3) is 3.58. The van der Waals surface area contributed by atoms with Gasteiger partial charge in [-0.15, -0.1) is 0 Å². The maximum Gasteiger partial charge on any atom is 0.144 e. The number of aromatic nitrogens is 2. The molecule has 0 spiro atoms. The zero-order valence-corrected chi connectivity index (χ0v) is 24.2. The fraction of sp³-hybridized carbons (Fsp3) is 0. The highest BCUT2D eigenvalue weighted by atomic mass is 16.3. The van der Waals surface area contributed by atoms with Gasteiger partial charge in [0.1, 0.15) is 11.2 Å². The van der Waals surface area contributed by atoms with Crippen LogP contribution >= 0.6 is 0 Å². The lowest BCUT2D eigenvalue weighted by Crippen LogP contribution is -1.92. The summed E-state index contributed by atoms with van der Waals surface area (Å²) in [6.45, 7) is 0. The Bertz CT molecular complexity index is 2810. The van der Waals surface area contributed by atoms with Crippen LogP contribution in [-0.2, 0) is 0 Å². The lowest BCUT2D eigenvalue weighted by atomic mass is 9.92. The molecule has 0 atom stereocenters. The van der Waals surface area contributed by atoms with Crippen LogP contribution in [0, 0.1) is 0 Å². The topological polar surface area (TPSA) is 38.9 Å². The standard InChI is InChI=1S/C42H24N2O/c1-2-10-25(11-3-1)40-34-21-20-32-30-14-7-9-17-38(30)45-42(32)39(34)33-19-18-26(24-37(33)44-40)35-23-28-22-27-12-4-8-16-36(27)43-41(28)31-15-6-5-13-29(31)35/h1-24H. The number of fused-ring (bicyclic) bond motifs is 11. The molecule has 0 fully saturated rings. The van der Waals surface area contributed by atoms with Gasteiger partial charge in [-0.3, -0.25) is 0 Å². The van der Waals surface area contributed by atoms with E-state index >= 15 is 0 Å². The van der Waals surface area contributed by atoms with Gasteiger partial charge < -0.3 is 4.42 Å². The minimum atomic E-state index is 0.895. The summed E-state index contributed by atoms with van der Waals surface area (Å²) < 4.78 is 6.59. The van der Waals surface area contributed by atoms with E-state index in [0.717, 1.165) is 87.6 Å². The van der Waals surface area contributed by atoms with Crippen LogP contribution in [0.5, 0.6) is 0 Å². The monoisotopic (exact) mass is 572 g/mol. The summed E-state index contributed by atoms with van der Waals surface area (Å²) in [7, 11) is 0. The van der Waals surface area contributed by atoms with Crippen LogP contribution in [0.1, 0.15) is 0 Å². The summed E-state index contributed by atoms with van der Waals surface area (Å²) in [6.07, 6.45) is 0. The number of furan rings is 1. The van der Waals surface area contributed by atoms with Crippen LogP contribution in [0.2, 0.25) is 0 Å². The molecule has 0 aliphatic rings. The van der Waals surface area contributed by atoms with E-state index in [4.69, 9.17) is 14.4 Å². The summed E-state index contributed by atoms with van der Waals surface area (Å²) in [4.78, 5) is 10.4. The molecule has 3 nitrogen and oxygen atoms in total. The van der Waals surface area contributed by atoms with E-state index in [-0.39, 0.29) is 0 Å². The Morgan fingerprint density at radius 1 is 0.422 bits per heavy atom. The lowest BCUT2D eigenvalue weighted by Gasteiger charge is -2.14. The van der Waals surface area contributed by atoms with Gasteiger partial charge in [-0.2, -0.15) is 0 Å². The molecule has 0 radical (unpaired) electrons. The first-order valence-electron chi connectivity index (χ1n) is 15.2. The number of benzene rings is 7. The first kappa shape index (κ1) is 24.4. The second-order valence-corrected chi connectivity index (χ2v) is 11.7. The van der Waals surface area contributed by atoms with Gasteiger partial charge in [-0.1, -0.05) is 109 Å². The van der Waals surface area contributed by atoms with Gasteiger partial charge in [-0.05, 0) is 52.9 Å². The van der Waals surface area contributed by atoms with E-state index in [1.807, 2.05) is 24.3 Å². The summed E-state index contributed by atoms with van der Waals surface area (Å²) in [5.74, 6) is 0. The van der Waals surface area contributed by atoms with Gasteiger partial charge >= 0.3 is 0 Å². The highest BCUT2D eigenvalue weighted by Gasteiger charge is 2.18. The predicted molar refractivity (Wildman–Crippen MR) is 188 cm³/mol. The van der Waals surface area contributed by atoms with E-state index in [9.17, 15) is 0 Å². The lowest BCUT2D eigenvalue weighted by molar-refractivity contribution is 0.673. The zero-order valence-electron chi connectivity index (χ0n) is 24.2. The number of para-hydroxylation sites is 2. The van der Waals surface area contributed by atoms with Crippen molar-refractivity contribution in [1.29, 1.82) is 0 Å². The van der Waals surface area contributed by atoms with Crippen LogP contribution in [0.3, 0.4) is 0 Å². The van der Waals surface area contributed by atoms with Crippen molar-refractivity contribution in [3.05, 3.63) is 146 Å². The Hall–Kier alpha value is -6.06. The van der Waals surface area contributed by atoms with Crippen LogP contribution < -0.4 is 0 Å². The van der Waals surface area contributed by atoms with Crippen molar-refractivity contribution in [2.45, 2.75) is 0 Å². The smallest absolute Gasteiger partial charge is 0.144 e. The van der Waals surface area contributed by atoms with E-state index in [1.54, 1.807) is 0 Å². The number of rotatable bonds is 2. The summed E-state index contributed by atoms with van der Waals surface area (Å²) >= 11 is 0. The van der Waals surface area contributed by atoms with Gasteiger partial charge in [0.05, 0.1) is 22.2 Å². The van der Waals surface area contributed by atoms with Gasteiger partial charge in [0.15, 0.2) is 0 Å². The van der Waals surface area contributed by atoms with Crippen molar-refractivity contribution >= 4 is 76.2 Å². The Morgan fingerprint density at radius 3 is 2.07 bits per heavy atom. The number of nitrogens with zero attached hydrogens (tertiary/aromatic N) is 2. The average Bonchev–Trinajstić information content (AvgIpc) is 3.49. The molecule has 45 heavy (non-hydrogen) atoms. The van der Waals surface area contributed by atoms with Gasteiger partial charge in [0.2, 0.25) is 0 Å². The molecular formula is C42H24N2O. The molecule has 3 heteroatoms. The van der Waals surface area contributed by atoms with Crippen molar-refractivity contribution in [2.75, 3.05) is 0 Å². The fourth-order valence-corrected chi connectivity index (χ4v) is 7.11. The second-order valence-electron chi connectivity index (χ2n) is 11.7. The van der Waals surface area contributed by atoms with Crippen molar-refractivity contribution < 1.29 is 4.42 Å². The summed E-state index contributed by atoms with van der Waals surface area (Å²) in [5.41, 5.74) is 9.10. The highest BCUT2D eigenvalue weighted by Crippen LogP contribution is 2.42. The minimum absolute atomic E-state index is 0.895. The Morgan fingerprint density at radius 2 is 1.16 bits per heavy atom. The average molecular weight is 573 g/mol. The molecule has 0 bridgehead atoms. The molecule has 10 rings (SSSR count). The van der Waals surface area contributed by atoms with E-state index < -0.39 is 0 Å². The summed E-state index contributed by atoms with van der Waals surface area (Å²) in [6, 6.07) is 51.3. The summed E-state index contributed by atoms with van der Waals surface area (Å²) in [5, 5.41) is 10.1. The van der Waals surface area contributed by atoms with Crippen molar-refractivity contribution in [3.63, 3.8) is 0 Å². The van der Waals surface area contributed by atoms with Crippen LogP contribution in [0.25, 0.3) is 98.6 Å². The zero-order chi connectivity index (χ0) is 29.5. The van der Waals surface area contributed by atoms with Crippen molar-refractivity contribution in [2.24, 2.45) is 0 Å². The van der Waals surface area contributed by atoms with Gasteiger partial charge in [0, 0.05) is 48.7 Å². The maximum atomic E-state index is 6.59.